The van der Waals surface area contributed by atoms with Crippen LogP contribution in [0.25, 0.3) is 0 Å². The van der Waals surface area contributed by atoms with E-state index >= 15 is 0 Å². The Morgan fingerprint density at radius 3 is 2.55 bits per heavy atom. The van der Waals surface area contributed by atoms with E-state index in [-0.39, 0.29) is 36.2 Å². The summed E-state index contributed by atoms with van der Waals surface area (Å²) in [4.78, 5) is 37.5. The third-order valence-electron chi connectivity index (χ3n) is 4.82. The number of halogens is 1. The summed E-state index contributed by atoms with van der Waals surface area (Å²) in [5.74, 6) is -1.65. The third kappa shape index (κ3) is 5.88. The number of benzene rings is 2. The second-order valence-electron chi connectivity index (χ2n) is 7.19. The van der Waals surface area contributed by atoms with Crippen LogP contribution >= 0.6 is 0 Å². The molecule has 1 saturated heterocycles. The van der Waals surface area contributed by atoms with Crippen LogP contribution in [0.15, 0.2) is 48.5 Å². The molecule has 2 atom stereocenters. The van der Waals surface area contributed by atoms with Crippen molar-refractivity contribution >= 4 is 17.7 Å². The van der Waals surface area contributed by atoms with Gasteiger partial charge in [0.15, 0.2) is 5.78 Å². The molecule has 0 saturated carbocycles. The molecule has 0 spiro atoms. The highest BCUT2D eigenvalue weighted by Gasteiger charge is 2.32. The molecule has 0 N–H and O–H groups in total. The molecule has 7 nitrogen and oxygen atoms in total. The molecule has 0 bridgehead atoms. The largest absolute Gasteiger partial charge is 0.491 e. The summed E-state index contributed by atoms with van der Waals surface area (Å²) in [5.41, 5.74) is 0.582. The number of hydrogen-bond acceptors (Lipinski definition) is 6. The van der Waals surface area contributed by atoms with E-state index in [1.807, 2.05) is 6.07 Å². The first kappa shape index (κ1) is 22.4. The Bertz CT molecular complexity index is 948. The van der Waals surface area contributed by atoms with Gasteiger partial charge in [-0.15, -0.1) is 0 Å². The van der Waals surface area contributed by atoms with Gasteiger partial charge in [-0.3, -0.25) is 14.4 Å². The number of carbonyl (C=O) groups excluding carboxylic acids is 3. The number of nitrogens with zero attached hydrogens (tertiary/aromatic N) is 1. The van der Waals surface area contributed by atoms with E-state index in [0.717, 1.165) is 6.07 Å². The van der Waals surface area contributed by atoms with Gasteiger partial charge < -0.3 is 19.1 Å². The summed E-state index contributed by atoms with van der Waals surface area (Å²) in [6.45, 7) is 3.51. The molecule has 1 heterocycles. The number of Topliss-reactive ketones (excluding diaryl/α,β-unsaturated/α-hetero) is 1. The zero-order valence-electron chi connectivity index (χ0n) is 17.4. The smallest absolute Gasteiger partial charge is 0.303 e. The number of ketones is 1. The van der Waals surface area contributed by atoms with Gasteiger partial charge in [0, 0.05) is 25.1 Å². The summed E-state index contributed by atoms with van der Waals surface area (Å²) < 4.78 is 30.5. The fraction of sp³-hybridized carbons (Fsp3) is 0.348. The van der Waals surface area contributed by atoms with E-state index in [4.69, 9.17) is 14.2 Å². The van der Waals surface area contributed by atoms with E-state index < -0.39 is 24.0 Å². The second-order valence-corrected chi connectivity index (χ2v) is 7.19. The van der Waals surface area contributed by atoms with Crippen LogP contribution in [0.1, 0.15) is 35.9 Å². The highest BCUT2D eigenvalue weighted by molar-refractivity contribution is 5.94. The number of hydrogen-bond donors (Lipinski definition) is 0. The highest BCUT2D eigenvalue weighted by atomic mass is 19.1. The van der Waals surface area contributed by atoms with Crippen LogP contribution in [0.4, 0.5) is 4.39 Å². The second kappa shape index (κ2) is 10.2. The van der Waals surface area contributed by atoms with Gasteiger partial charge in [0.05, 0.1) is 18.7 Å². The lowest BCUT2D eigenvalue weighted by atomic mass is 10.1. The molecular formula is C23H24FNO6. The van der Waals surface area contributed by atoms with Crippen LogP contribution in [0.5, 0.6) is 5.75 Å². The Kier molecular flexibility index (Phi) is 7.36. The molecule has 2 aromatic carbocycles. The van der Waals surface area contributed by atoms with Gasteiger partial charge in [-0.25, -0.2) is 4.39 Å². The Hall–Kier alpha value is -3.26. The maximum atomic E-state index is 14.0. The molecule has 164 valence electrons. The summed E-state index contributed by atoms with van der Waals surface area (Å²) in [7, 11) is 0. The van der Waals surface area contributed by atoms with Crippen LogP contribution in [0.3, 0.4) is 0 Å². The summed E-state index contributed by atoms with van der Waals surface area (Å²) in [5, 5.41) is 0. The SMILES string of the molecule is CC(=O)OC(C(=O)N1CCOC(COc2ccc(C(C)=O)c(F)c2)C1)c1ccccc1. The molecule has 2 unspecified atom stereocenters. The number of morpholine rings is 1. The minimum atomic E-state index is -1.04. The molecular weight excluding hydrogens is 405 g/mol. The Balaban J connectivity index is 1.64. The molecule has 0 aromatic heterocycles. The van der Waals surface area contributed by atoms with E-state index in [1.54, 1.807) is 29.2 Å². The Labute approximate surface area is 179 Å². The van der Waals surface area contributed by atoms with Crippen molar-refractivity contribution in [2.24, 2.45) is 0 Å². The zero-order valence-corrected chi connectivity index (χ0v) is 17.4. The van der Waals surface area contributed by atoms with E-state index in [2.05, 4.69) is 0 Å². The minimum absolute atomic E-state index is 0.00420. The zero-order chi connectivity index (χ0) is 22.4. The topological polar surface area (TPSA) is 82.1 Å². The summed E-state index contributed by atoms with van der Waals surface area (Å²) >= 11 is 0. The maximum absolute atomic E-state index is 14.0. The van der Waals surface area contributed by atoms with Crippen LogP contribution in [-0.2, 0) is 19.1 Å². The van der Waals surface area contributed by atoms with Gasteiger partial charge >= 0.3 is 5.97 Å². The lowest BCUT2D eigenvalue weighted by molar-refractivity contribution is -0.163. The molecule has 8 heteroatoms. The van der Waals surface area contributed by atoms with E-state index in [1.165, 1.54) is 26.0 Å². The third-order valence-corrected chi connectivity index (χ3v) is 4.82. The first-order valence-electron chi connectivity index (χ1n) is 9.91. The van der Waals surface area contributed by atoms with Crippen molar-refractivity contribution < 1.29 is 33.0 Å². The fourth-order valence-electron chi connectivity index (χ4n) is 3.30. The summed E-state index contributed by atoms with van der Waals surface area (Å²) in [6.07, 6.45) is -1.48. The van der Waals surface area contributed by atoms with Gasteiger partial charge in [-0.05, 0) is 19.1 Å². The maximum Gasteiger partial charge on any atom is 0.303 e. The predicted octanol–water partition coefficient (Wildman–Crippen LogP) is 2.94. The van der Waals surface area contributed by atoms with Crippen LogP contribution in [0.2, 0.25) is 0 Å². The van der Waals surface area contributed by atoms with Crippen molar-refractivity contribution in [3.05, 3.63) is 65.5 Å². The Morgan fingerprint density at radius 2 is 1.90 bits per heavy atom. The van der Waals surface area contributed by atoms with Crippen LogP contribution in [0, 0.1) is 5.82 Å². The molecule has 1 fully saturated rings. The number of rotatable bonds is 7. The minimum Gasteiger partial charge on any atom is -0.491 e. The van der Waals surface area contributed by atoms with Crippen molar-refractivity contribution in [3.8, 4) is 5.75 Å². The van der Waals surface area contributed by atoms with Crippen molar-refractivity contribution in [2.75, 3.05) is 26.3 Å². The van der Waals surface area contributed by atoms with E-state index in [9.17, 15) is 18.8 Å². The average Bonchev–Trinajstić information content (AvgIpc) is 2.76. The molecule has 31 heavy (non-hydrogen) atoms. The van der Waals surface area contributed by atoms with Gasteiger partial charge in [0.1, 0.15) is 24.3 Å². The molecule has 0 radical (unpaired) electrons. The number of amides is 1. The molecule has 1 aliphatic heterocycles. The van der Waals surface area contributed by atoms with Crippen molar-refractivity contribution in [2.45, 2.75) is 26.1 Å². The van der Waals surface area contributed by atoms with Crippen LogP contribution < -0.4 is 4.74 Å². The molecule has 1 amide bonds. The van der Waals surface area contributed by atoms with Gasteiger partial charge in [0.25, 0.3) is 5.91 Å². The Morgan fingerprint density at radius 1 is 1.16 bits per heavy atom. The average molecular weight is 429 g/mol. The molecule has 0 aliphatic carbocycles. The number of ether oxygens (including phenoxy) is 3. The lowest BCUT2D eigenvalue weighted by Crippen LogP contribution is -2.49. The van der Waals surface area contributed by atoms with Gasteiger partial charge in [-0.2, -0.15) is 0 Å². The van der Waals surface area contributed by atoms with Crippen LogP contribution in [-0.4, -0.2) is 55.0 Å². The number of esters is 1. The number of carbonyl (C=O) groups is 3. The standard InChI is InChI=1S/C23H24FNO6/c1-15(26)20-9-8-18(12-21(20)24)30-14-19-13-25(10-11-29-19)23(28)22(31-16(2)27)17-6-4-3-5-7-17/h3-9,12,19,22H,10-11,13-14H2,1-2H3. The first-order valence-corrected chi connectivity index (χ1v) is 9.91. The van der Waals surface area contributed by atoms with Gasteiger partial charge in [0.2, 0.25) is 6.10 Å². The predicted molar refractivity (Wildman–Crippen MR) is 109 cm³/mol. The highest BCUT2D eigenvalue weighted by Crippen LogP contribution is 2.23. The molecule has 3 rings (SSSR count). The lowest BCUT2D eigenvalue weighted by Gasteiger charge is -2.34. The quantitative estimate of drug-likeness (QED) is 0.497. The fourth-order valence-corrected chi connectivity index (χ4v) is 3.30. The van der Waals surface area contributed by atoms with Crippen molar-refractivity contribution in [1.29, 1.82) is 0 Å². The van der Waals surface area contributed by atoms with Crippen molar-refractivity contribution in [1.82, 2.24) is 4.90 Å². The monoisotopic (exact) mass is 429 g/mol. The molecule has 1 aliphatic rings. The summed E-state index contributed by atoms with van der Waals surface area (Å²) in [6, 6.07) is 12.8. The first-order chi connectivity index (χ1) is 14.8. The molecule has 2 aromatic rings. The van der Waals surface area contributed by atoms with Gasteiger partial charge in [-0.1, -0.05) is 30.3 Å². The van der Waals surface area contributed by atoms with Crippen molar-refractivity contribution in [3.63, 3.8) is 0 Å². The van der Waals surface area contributed by atoms with E-state index in [0.29, 0.717) is 18.7 Å². The normalized spacial score (nSPS) is 17.0.